The molecule has 0 aliphatic heterocycles. The SMILES string of the molecule is COc1cccc(Cn2cc(-c3ccc(B(O)O)c(F)c3F)c(C)n2)n1. The topological polar surface area (TPSA) is 80.4 Å². The van der Waals surface area contributed by atoms with E-state index in [2.05, 4.69) is 10.1 Å². The first-order valence-corrected chi connectivity index (χ1v) is 7.79. The lowest BCUT2D eigenvalue weighted by Gasteiger charge is -2.07. The van der Waals surface area contributed by atoms with Crippen molar-refractivity contribution in [2.45, 2.75) is 13.5 Å². The molecular weight excluding hydrogens is 343 g/mol. The predicted octanol–water partition coefficient (Wildman–Crippen LogP) is 1.27. The van der Waals surface area contributed by atoms with Crippen LogP contribution in [-0.4, -0.2) is 39.0 Å². The van der Waals surface area contributed by atoms with Crippen molar-refractivity contribution in [1.29, 1.82) is 0 Å². The summed E-state index contributed by atoms with van der Waals surface area (Å²) in [5.74, 6) is -1.98. The highest BCUT2D eigenvalue weighted by atomic mass is 19.2. The number of hydrogen-bond acceptors (Lipinski definition) is 5. The molecule has 2 N–H and O–H groups in total. The average Bonchev–Trinajstić information content (AvgIpc) is 2.97. The molecule has 0 aliphatic rings. The van der Waals surface area contributed by atoms with Crippen LogP contribution in [-0.2, 0) is 6.54 Å². The summed E-state index contributed by atoms with van der Waals surface area (Å²) in [4.78, 5) is 4.29. The van der Waals surface area contributed by atoms with Gasteiger partial charge in [-0.3, -0.25) is 4.68 Å². The maximum atomic E-state index is 14.4. The van der Waals surface area contributed by atoms with Gasteiger partial charge in [-0.1, -0.05) is 18.2 Å². The number of hydrogen-bond donors (Lipinski definition) is 2. The van der Waals surface area contributed by atoms with Crippen molar-refractivity contribution in [2.75, 3.05) is 7.11 Å². The first kappa shape index (κ1) is 18.0. The summed E-state index contributed by atoms with van der Waals surface area (Å²) in [6.07, 6.45) is 1.59. The molecule has 3 rings (SSSR count). The maximum absolute atomic E-state index is 14.4. The van der Waals surface area contributed by atoms with Crippen molar-refractivity contribution in [3.8, 4) is 17.0 Å². The Morgan fingerprint density at radius 3 is 2.58 bits per heavy atom. The molecule has 2 heterocycles. The molecule has 0 saturated carbocycles. The molecule has 6 nitrogen and oxygen atoms in total. The van der Waals surface area contributed by atoms with Gasteiger partial charge in [0.15, 0.2) is 11.6 Å². The first-order valence-electron chi connectivity index (χ1n) is 7.79. The predicted molar refractivity (Wildman–Crippen MR) is 92.0 cm³/mol. The van der Waals surface area contributed by atoms with Crippen LogP contribution in [0.5, 0.6) is 5.88 Å². The molecule has 9 heteroatoms. The zero-order valence-electron chi connectivity index (χ0n) is 14.1. The highest BCUT2D eigenvalue weighted by Crippen LogP contribution is 2.26. The van der Waals surface area contributed by atoms with Gasteiger partial charge in [0.2, 0.25) is 5.88 Å². The van der Waals surface area contributed by atoms with Crippen LogP contribution in [0.25, 0.3) is 11.1 Å². The molecule has 0 fully saturated rings. The van der Waals surface area contributed by atoms with Crippen LogP contribution in [0, 0.1) is 18.6 Å². The molecule has 134 valence electrons. The minimum absolute atomic E-state index is 0.00532. The van der Waals surface area contributed by atoms with Crippen molar-refractivity contribution in [2.24, 2.45) is 0 Å². The number of pyridine rings is 1. The van der Waals surface area contributed by atoms with Gasteiger partial charge in [0, 0.05) is 28.9 Å². The van der Waals surface area contributed by atoms with Gasteiger partial charge in [-0.25, -0.2) is 13.8 Å². The summed E-state index contributed by atoms with van der Waals surface area (Å²) in [6, 6.07) is 7.76. The molecule has 1 aromatic carbocycles. The van der Waals surface area contributed by atoms with Crippen LogP contribution in [0.4, 0.5) is 8.78 Å². The molecule has 0 radical (unpaired) electrons. The Labute approximate surface area is 148 Å². The normalized spacial score (nSPS) is 10.8. The molecule has 0 spiro atoms. The number of aromatic nitrogens is 3. The molecule has 0 bridgehead atoms. The molecule has 2 aromatic heterocycles. The van der Waals surface area contributed by atoms with Gasteiger partial charge in [0.05, 0.1) is 25.0 Å². The molecular formula is C17H16BF2N3O3. The van der Waals surface area contributed by atoms with E-state index in [1.807, 2.05) is 0 Å². The number of ether oxygens (including phenoxy) is 1. The first-order chi connectivity index (χ1) is 12.4. The van der Waals surface area contributed by atoms with E-state index in [0.29, 0.717) is 29.4 Å². The standard InChI is InChI=1S/C17H16BF2N3O3/c1-10-13(12-6-7-14(18(24)25)17(20)16(12)19)9-23(22-10)8-11-4-3-5-15(21-11)26-2/h3-7,9,24-25H,8H2,1-2H3. The van der Waals surface area contributed by atoms with Crippen molar-refractivity contribution < 1.29 is 23.6 Å². The average molecular weight is 359 g/mol. The Morgan fingerprint density at radius 2 is 1.88 bits per heavy atom. The van der Waals surface area contributed by atoms with Gasteiger partial charge in [-0.15, -0.1) is 0 Å². The van der Waals surface area contributed by atoms with Gasteiger partial charge >= 0.3 is 7.12 Å². The van der Waals surface area contributed by atoms with Crippen LogP contribution >= 0.6 is 0 Å². The zero-order valence-corrected chi connectivity index (χ0v) is 14.1. The van der Waals surface area contributed by atoms with E-state index >= 15 is 0 Å². The number of halogens is 2. The number of rotatable bonds is 5. The van der Waals surface area contributed by atoms with E-state index in [1.54, 1.807) is 36.0 Å². The second kappa shape index (κ2) is 7.23. The molecule has 26 heavy (non-hydrogen) atoms. The Balaban J connectivity index is 1.95. The van der Waals surface area contributed by atoms with Crippen molar-refractivity contribution in [3.05, 3.63) is 59.6 Å². The second-order valence-electron chi connectivity index (χ2n) is 5.70. The third kappa shape index (κ3) is 3.44. The molecule has 0 saturated heterocycles. The van der Waals surface area contributed by atoms with E-state index in [1.165, 1.54) is 13.2 Å². The zero-order chi connectivity index (χ0) is 18.8. The van der Waals surface area contributed by atoms with E-state index in [0.717, 1.165) is 6.07 Å². The van der Waals surface area contributed by atoms with Crippen molar-refractivity contribution in [3.63, 3.8) is 0 Å². The Bertz CT molecular complexity index is 947. The van der Waals surface area contributed by atoms with Crippen LogP contribution in [0.15, 0.2) is 36.5 Å². The Morgan fingerprint density at radius 1 is 1.12 bits per heavy atom. The Kier molecular flexibility index (Phi) is 5.01. The van der Waals surface area contributed by atoms with Gasteiger partial charge in [0.1, 0.15) is 0 Å². The van der Waals surface area contributed by atoms with E-state index in [4.69, 9.17) is 14.8 Å². The lowest BCUT2D eigenvalue weighted by atomic mass is 9.79. The van der Waals surface area contributed by atoms with Crippen molar-refractivity contribution in [1.82, 2.24) is 14.8 Å². The summed E-state index contributed by atoms with van der Waals surface area (Å²) in [6.45, 7) is 2.01. The summed E-state index contributed by atoms with van der Waals surface area (Å²) in [5.41, 5.74) is 1.08. The molecule has 3 aromatic rings. The minimum atomic E-state index is -2.08. The van der Waals surface area contributed by atoms with Crippen LogP contribution in [0.1, 0.15) is 11.4 Å². The van der Waals surface area contributed by atoms with Gasteiger partial charge < -0.3 is 14.8 Å². The highest BCUT2D eigenvalue weighted by Gasteiger charge is 2.23. The van der Waals surface area contributed by atoms with E-state index in [-0.39, 0.29) is 5.56 Å². The quantitative estimate of drug-likeness (QED) is 0.671. The molecule has 0 atom stereocenters. The third-order valence-electron chi connectivity index (χ3n) is 3.94. The second-order valence-corrected chi connectivity index (χ2v) is 5.70. The van der Waals surface area contributed by atoms with E-state index < -0.39 is 24.2 Å². The number of methoxy groups -OCH3 is 1. The molecule has 0 unspecified atom stereocenters. The lowest BCUT2D eigenvalue weighted by Crippen LogP contribution is -2.33. The van der Waals surface area contributed by atoms with E-state index in [9.17, 15) is 8.78 Å². The fourth-order valence-corrected chi connectivity index (χ4v) is 2.66. The summed E-state index contributed by atoms with van der Waals surface area (Å²) >= 11 is 0. The summed E-state index contributed by atoms with van der Waals surface area (Å²) < 4.78 is 35.0. The summed E-state index contributed by atoms with van der Waals surface area (Å²) in [5, 5.41) is 22.5. The largest absolute Gasteiger partial charge is 0.491 e. The van der Waals surface area contributed by atoms with Crippen LogP contribution in [0.2, 0.25) is 0 Å². The molecule has 0 amide bonds. The maximum Gasteiger partial charge on any atom is 0.491 e. The smallest absolute Gasteiger partial charge is 0.481 e. The van der Waals surface area contributed by atoms with Gasteiger partial charge in [0.25, 0.3) is 0 Å². The van der Waals surface area contributed by atoms with Crippen molar-refractivity contribution >= 4 is 12.6 Å². The monoisotopic (exact) mass is 359 g/mol. The van der Waals surface area contributed by atoms with Crippen LogP contribution in [0.3, 0.4) is 0 Å². The highest BCUT2D eigenvalue weighted by molar-refractivity contribution is 6.58. The number of aryl methyl sites for hydroxylation is 1. The summed E-state index contributed by atoms with van der Waals surface area (Å²) in [7, 11) is -0.562. The number of nitrogens with zero attached hydrogens (tertiary/aromatic N) is 3. The fraction of sp³-hybridized carbons (Fsp3) is 0.176. The van der Waals surface area contributed by atoms with Gasteiger partial charge in [-0.05, 0) is 13.0 Å². The number of benzene rings is 1. The molecule has 0 aliphatic carbocycles. The minimum Gasteiger partial charge on any atom is -0.481 e. The third-order valence-corrected chi connectivity index (χ3v) is 3.94. The Hall–Kier alpha value is -2.78. The lowest BCUT2D eigenvalue weighted by molar-refractivity contribution is 0.395. The van der Waals surface area contributed by atoms with Crippen LogP contribution < -0.4 is 10.2 Å². The van der Waals surface area contributed by atoms with Gasteiger partial charge in [-0.2, -0.15) is 5.10 Å². The fourth-order valence-electron chi connectivity index (χ4n) is 2.66.